The molecule has 0 spiro atoms. The number of nitrogens with zero attached hydrogens (tertiary/aromatic N) is 2. The van der Waals surface area contributed by atoms with Crippen LogP contribution in [0.4, 0.5) is 0 Å². The SMILES string of the molecule is C[C@H]([C@@H](C)N(CC(=O)[O-])CC(=O)O)N(CC(=O)[O-])CC(=O)[O-]. The van der Waals surface area contributed by atoms with Crippen molar-refractivity contribution < 1.29 is 39.6 Å². The van der Waals surface area contributed by atoms with Crippen molar-refractivity contribution in [3.05, 3.63) is 0 Å². The van der Waals surface area contributed by atoms with E-state index < -0.39 is 62.1 Å². The van der Waals surface area contributed by atoms with E-state index in [4.69, 9.17) is 5.11 Å². The lowest BCUT2D eigenvalue weighted by Gasteiger charge is -2.39. The molecule has 0 aliphatic rings. The first kappa shape index (κ1) is 19.8. The van der Waals surface area contributed by atoms with Gasteiger partial charge in [-0.2, -0.15) is 0 Å². The lowest BCUT2D eigenvalue weighted by Crippen LogP contribution is -2.56. The maximum atomic E-state index is 10.8. The summed E-state index contributed by atoms with van der Waals surface area (Å²) in [5, 5.41) is 40.8. The summed E-state index contributed by atoms with van der Waals surface area (Å²) < 4.78 is 0. The molecule has 0 amide bonds. The highest BCUT2D eigenvalue weighted by Crippen LogP contribution is 2.10. The van der Waals surface area contributed by atoms with Crippen LogP contribution in [-0.4, -0.2) is 77.0 Å². The van der Waals surface area contributed by atoms with E-state index in [9.17, 15) is 34.5 Å². The zero-order chi connectivity index (χ0) is 17.4. The van der Waals surface area contributed by atoms with Crippen molar-refractivity contribution in [2.24, 2.45) is 0 Å². The van der Waals surface area contributed by atoms with Crippen LogP contribution in [0.3, 0.4) is 0 Å². The summed E-state index contributed by atoms with van der Waals surface area (Å²) >= 11 is 0. The number of carbonyl (C=O) groups excluding carboxylic acids is 3. The molecule has 10 heteroatoms. The Kier molecular flexibility index (Phi) is 8.05. The van der Waals surface area contributed by atoms with Crippen molar-refractivity contribution >= 4 is 23.9 Å². The van der Waals surface area contributed by atoms with Crippen molar-refractivity contribution in [2.75, 3.05) is 26.2 Å². The molecule has 0 bridgehead atoms. The summed E-state index contributed by atoms with van der Waals surface area (Å²) in [6.45, 7) is 0.151. The van der Waals surface area contributed by atoms with Gasteiger partial charge in [0.25, 0.3) is 0 Å². The van der Waals surface area contributed by atoms with Crippen molar-refractivity contribution in [3.8, 4) is 0 Å². The molecule has 126 valence electrons. The number of aliphatic carboxylic acids is 4. The molecule has 10 nitrogen and oxygen atoms in total. The Morgan fingerprint density at radius 3 is 1.27 bits per heavy atom. The van der Waals surface area contributed by atoms with Gasteiger partial charge < -0.3 is 34.8 Å². The number of rotatable bonds is 11. The molecule has 0 heterocycles. The number of hydrogen-bond acceptors (Lipinski definition) is 9. The topological polar surface area (TPSA) is 164 Å². The zero-order valence-electron chi connectivity index (χ0n) is 12.2. The Labute approximate surface area is 126 Å². The van der Waals surface area contributed by atoms with Gasteiger partial charge in [0.05, 0.1) is 24.5 Å². The molecule has 0 saturated carbocycles. The summed E-state index contributed by atoms with van der Waals surface area (Å²) in [6, 6.07) is -1.55. The minimum Gasteiger partial charge on any atom is -0.549 e. The molecule has 2 atom stereocenters. The maximum absolute atomic E-state index is 10.8. The van der Waals surface area contributed by atoms with E-state index in [1.807, 2.05) is 0 Å². The van der Waals surface area contributed by atoms with E-state index in [-0.39, 0.29) is 0 Å². The minimum atomic E-state index is -1.52. The van der Waals surface area contributed by atoms with E-state index in [2.05, 4.69) is 0 Å². The molecular formula is C12H17N2O8-3. The summed E-state index contributed by atoms with van der Waals surface area (Å²) in [7, 11) is 0. The standard InChI is InChI=1S/C12H20N2O8/c1-7(13(3-9(15)16)4-10(17)18)8(2)14(5-11(19)20)6-12(21)22/h7-8H,3-6H2,1-2H3,(H,15,16)(H,17,18)(H,19,20)(H,21,22)/p-3/t7-,8-/m1/s1. The first-order chi connectivity index (χ1) is 10.0. The second kappa shape index (κ2) is 8.95. The van der Waals surface area contributed by atoms with Crippen molar-refractivity contribution in [2.45, 2.75) is 25.9 Å². The van der Waals surface area contributed by atoms with Gasteiger partial charge in [-0.25, -0.2) is 0 Å². The largest absolute Gasteiger partial charge is 0.549 e. The first-order valence-electron chi connectivity index (χ1n) is 6.34. The van der Waals surface area contributed by atoms with Crippen LogP contribution >= 0.6 is 0 Å². The Morgan fingerprint density at radius 1 is 0.773 bits per heavy atom. The van der Waals surface area contributed by atoms with Crippen LogP contribution in [0, 0.1) is 0 Å². The Balaban J connectivity index is 5.13. The highest BCUT2D eigenvalue weighted by Gasteiger charge is 2.26. The molecule has 0 radical (unpaired) electrons. The summed E-state index contributed by atoms with van der Waals surface area (Å²) in [5.41, 5.74) is 0. The highest BCUT2D eigenvalue weighted by molar-refractivity contribution is 5.72. The van der Waals surface area contributed by atoms with Gasteiger partial charge in [0.2, 0.25) is 0 Å². The number of carbonyl (C=O) groups is 4. The third kappa shape index (κ3) is 7.55. The fourth-order valence-corrected chi connectivity index (χ4v) is 1.97. The Bertz CT molecular complexity index is 367. The molecule has 0 fully saturated rings. The first-order valence-corrected chi connectivity index (χ1v) is 6.34. The van der Waals surface area contributed by atoms with Crippen LogP contribution in [0.5, 0.6) is 0 Å². The van der Waals surface area contributed by atoms with Crippen LogP contribution < -0.4 is 15.3 Å². The Hall–Kier alpha value is -2.20. The minimum absolute atomic E-state index is 0.621. The fourth-order valence-electron chi connectivity index (χ4n) is 1.97. The molecule has 0 aromatic rings. The zero-order valence-corrected chi connectivity index (χ0v) is 12.2. The van der Waals surface area contributed by atoms with Crippen LogP contribution in [0.2, 0.25) is 0 Å². The second-order valence-electron chi connectivity index (χ2n) is 4.80. The van der Waals surface area contributed by atoms with Gasteiger partial charge in [-0.15, -0.1) is 0 Å². The normalized spacial score (nSPS) is 13.8. The van der Waals surface area contributed by atoms with E-state index in [0.717, 1.165) is 9.80 Å². The molecule has 0 aromatic carbocycles. The van der Waals surface area contributed by atoms with E-state index in [1.54, 1.807) is 0 Å². The Morgan fingerprint density at radius 2 is 1.05 bits per heavy atom. The van der Waals surface area contributed by atoms with Crippen molar-refractivity contribution in [1.82, 2.24) is 9.80 Å². The van der Waals surface area contributed by atoms with Gasteiger partial charge in [0.1, 0.15) is 0 Å². The van der Waals surface area contributed by atoms with Crippen LogP contribution in [0.1, 0.15) is 13.8 Å². The molecule has 0 aliphatic heterocycles. The van der Waals surface area contributed by atoms with Gasteiger partial charge in [-0.3, -0.25) is 14.6 Å². The molecule has 0 rings (SSSR count). The van der Waals surface area contributed by atoms with Gasteiger partial charge >= 0.3 is 5.97 Å². The summed E-state index contributed by atoms with van der Waals surface area (Å²) in [6.07, 6.45) is 0. The molecule has 0 unspecified atom stereocenters. The molecule has 0 aliphatic carbocycles. The van der Waals surface area contributed by atoms with Crippen LogP contribution in [0.25, 0.3) is 0 Å². The van der Waals surface area contributed by atoms with Crippen molar-refractivity contribution in [3.63, 3.8) is 0 Å². The van der Waals surface area contributed by atoms with E-state index in [0.29, 0.717) is 0 Å². The van der Waals surface area contributed by atoms with Crippen molar-refractivity contribution in [1.29, 1.82) is 0 Å². The molecule has 22 heavy (non-hydrogen) atoms. The third-order valence-electron chi connectivity index (χ3n) is 3.18. The smallest absolute Gasteiger partial charge is 0.317 e. The van der Waals surface area contributed by atoms with E-state index >= 15 is 0 Å². The summed E-state index contributed by atoms with van der Waals surface area (Å²) in [4.78, 5) is 44.8. The monoisotopic (exact) mass is 317 g/mol. The lowest BCUT2D eigenvalue weighted by atomic mass is 10.1. The molecule has 1 N–H and O–H groups in total. The fraction of sp³-hybridized carbons (Fsp3) is 0.667. The number of carboxylic acid groups (broad SMARTS) is 4. The van der Waals surface area contributed by atoms with Crippen LogP contribution in [0.15, 0.2) is 0 Å². The highest BCUT2D eigenvalue weighted by atomic mass is 16.4. The van der Waals surface area contributed by atoms with Gasteiger partial charge in [-0.05, 0) is 13.8 Å². The average Bonchev–Trinajstić information content (AvgIpc) is 2.33. The van der Waals surface area contributed by atoms with Gasteiger partial charge in [0.15, 0.2) is 0 Å². The quantitative estimate of drug-likeness (QED) is 0.389. The number of carboxylic acids is 4. The van der Waals surface area contributed by atoms with E-state index in [1.165, 1.54) is 13.8 Å². The van der Waals surface area contributed by atoms with Gasteiger partial charge in [-0.1, -0.05) is 0 Å². The van der Waals surface area contributed by atoms with Gasteiger partial charge in [0, 0.05) is 31.7 Å². The molecular weight excluding hydrogens is 300 g/mol. The maximum Gasteiger partial charge on any atom is 0.317 e. The molecule has 0 saturated heterocycles. The van der Waals surface area contributed by atoms with Crippen LogP contribution in [-0.2, 0) is 19.2 Å². The predicted molar refractivity (Wildman–Crippen MR) is 64.7 cm³/mol. The summed E-state index contributed by atoms with van der Waals surface area (Å²) in [5.74, 6) is -5.84. The molecule has 0 aromatic heterocycles. The number of hydrogen-bond donors (Lipinski definition) is 1. The predicted octanol–water partition coefficient (Wildman–Crippen LogP) is -5.30. The average molecular weight is 317 g/mol. The second-order valence-corrected chi connectivity index (χ2v) is 4.80. The lowest BCUT2D eigenvalue weighted by molar-refractivity contribution is -0.312. The third-order valence-corrected chi connectivity index (χ3v) is 3.18.